The lowest BCUT2D eigenvalue weighted by molar-refractivity contribution is 0.185. The minimum absolute atomic E-state index is 0. The molecule has 2 fully saturated rings. The maximum Gasteiger partial charge on any atom is 0.0110 e. The fourth-order valence-corrected chi connectivity index (χ4v) is 2.63. The fraction of sp³-hybridized carbons (Fsp3) is 1.00. The SMILES string of the molecule is C.CC.CC.CC(C)N1CCCCC1.CC(C)N1CCNCC1. The van der Waals surface area contributed by atoms with E-state index in [9.17, 15) is 0 Å². The average molecular weight is 332 g/mol. The van der Waals surface area contributed by atoms with Crippen LogP contribution in [0, 0.1) is 0 Å². The van der Waals surface area contributed by atoms with Gasteiger partial charge in [0, 0.05) is 38.3 Å². The van der Waals surface area contributed by atoms with Crippen LogP contribution < -0.4 is 5.32 Å². The number of rotatable bonds is 2. The number of likely N-dealkylation sites (tertiary alicyclic amines) is 1. The molecule has 2 aliphatic rings. The molecule has 0 spiro atoms. The van der Waals surface area contributed by atoms with E-state index < -0.39 is 0 Å². The first-order valence-electron chi connectivity index (χ1n) is 9.80. The van der Waals surface area contributed by atoms with Crippen molar-refractivity contribution in [3.63, 3.8) is 0 Å². The van der Waals surface area contributed by atoms with Gasteiger partial charge in [0.15, 0.2) is 0 Å². The number of piperidine rings is 1. The van der Waals surface area contributed by atoms with Gasteiger partial charge in [0.2, 0.25) is 0 Å². The predicted molar refractivity (Wildman–Crippen MR) is 110 cm³/mol. The summed E-state index contributed by atoms with van der Waals surface area (Å²) in [5, 5.41) is 3.33. The van der Waals surface area contributed by atoms with Crippen LogP contribution in [-0.2, 0) is 0 Å². The zero-order valence-corrected chi connectivity index (χ0v) is 16.9. The van der Waals surface area contributed by atoms with E-state index in [1.54, 1.807) is 0 Å². The summed E-state index contributed by atoms with van der Waals surface area (Å²) in [6.45, 7) is 24.5. The van der Waals surface area contributed by atoms with Crippen molar-refractivity contribution in [3.05, 3.63) is 0 Å². The average Bonchev–Trinajstić information content (AvgIpc) is 2.60. The van der Waals surface area contributed by atoms with Crippen LogP contribution in [0.25, 0.3) is 0 Å². The van der Waals surface area contributed by atoms with Crippen LogP contribution in [-0.4, -0.2) is 61.2 Å². The molecule has 0 aliphatic carbocycles. The normalized spacial score (nSPS) is 18.5. The quantitative estimate of drug-likeness (QED) is 0.779. The van der Waals surface area contributed by atoms with Crippen LogP contribution in [0.15, 0.2) is 0 Å². The van der Waals surface area contributed by atoms with Crippen LogP contribution in [0.5, 0.6) is 0 Å². The Hall–Kier alpha value is -0.120. The summed E-state index contributed by atoms with van der Waals surface area (Å²) in [6, 6.07) is 1.50. The molecular weight excluding hydrogens is 282 g/mol. The first-order chi connectivity index (χ1) is 10.6. The summed E-state index contributed by atoms with van der Waals surface area (Å²) >= 11 is 0. The molecule has 0 aromatic carbocycles. The van der Waals surface area contributed by atoms with Gasteiger partial charge in [0.25, 0.3) is 0 Å². The third-order valence-electron chi connectivity index (χ3n) is 4.00. The smallest absolute Gasteiger partial charge is 0.0110 e. The number of piperazine rings is 1. The lowest BCUT2D eigenvalue weighted by atomic mass is 10.1. The van der Waals surface area contributed by atoms with Crippen molar-refractivity contribution in [2.75, 3.05) is 39.3 Å². The third-order valence-corrected chi connectivity index (χ3v) is 4.00. The largest absolute Gasteiger partial charge is 0.314 e. The Labute approximate surface area is 149 Å². The highest BCUT2D eigenvalue weighted by atomic mass is 15.2. The molecule has 0 unspecified atom stereocenters. The van der Waals surface area contributed by atoms with Gasteiger partial charge in [-0.3, -0.25) is 4.90 Å². The van der Waals surface area contributed by atoms with Crippen LogP contribution in [0.3, 0.4) is 0 Å². The van der Waals surface area contributed by atoms with Gasteiger partial charge >= 0.3 is 0 Å². The minimum atomic E-state index is 0. The van der Waals surface area contributed by atoms with E-state index >= 15 is 0 Å². The Morgan fingerprint density at radius 3 is 1.22 bits per heavy atom. The van der Waals surface area contributed by atoms with E-state index in [-0.39, 0.29) is 7.43 Å². The molecule has 2 heterocycles. The Bertz CT molecular complexity index is 171. The van der Waals surface area contributed by atoms with Crippen molar-refractivity contribution in [2.45, 2.75) is 94.2 Å². The molecule has 2 rings (SSSR count). The van der Waals surface area contributed by atoms with Gasteiger partial charge < -0.3 is 10.2 Å². The first-order valence-corrected chi connectivity index (χ1v) is 9.80. The molecular formula is C20H49N3. The maximum absolute atomic E-state index is 3.33. The lowest BCUT2D eigenvalue weighted by Crippen LogP contribution is -2.46. The minimum Gasteiger partial charge on any atom is -0.314 e. The lowest BCUT2D eigenvalue weighted by Gasteiger charge is -2.30. The van der Waals surface area contributed by atoms with Crippen LogP contribution in [0.2, 0.25) is 0 Å². The Morgan fingerprint density at radius 2 is 0.957 bits per heavy atom. The van der Waals surface area contributed by atoms with Gasteiger partial charge in [-0.15, -0.1) is 0 Å². The molecule has 3 heteroatoms. The summed E-state index contributed by atoms with van der Waals surface area (Å²) in [7, 11) is 0. The van der Waals surface area contributed by atoms with Gasteiger partial charge in [-0.2, -0.15) is 0 Å². The topological polar surface area (TPSA) is 18.5 Å². The molecule has 0 aromatic heterocycles. The first kappa shape index (κ1) is 27.7. The summed E-state index contributed by atoms with van der Waals surface area (Å²) in [4.78, 5) is 5.06. The fourth-order valence-electron chi connectivity index (χ4n) is 2.63. The molecule has 23 heavy (non-hydrogen) atoms. The second-order valence-electron chi connectivity index (χ2n) is 6.07. The molecule has 0 radical (unpaired) electrons. The van der Waals surface area contributed by atoms with Crippen LogP contribution in [0.4, 0.5) is 0 Å². The number of hydrogen-bond acceptors (Lipinski definition) is 3. The third kappa shape index (κ3) is 15.2. The monoisotopic (exact) mass is 331 g/mol. The summed E-state index contributed by atoms with van der Waals surface area (Å²) in [5.74, 6) is 0. The predicted octanol–water partition coefficient (Wildman–Crippen LogP) is 4.87. The Morgan fingerprint density at radius 1 is 0.609 bits per heavy atom. The highest BCUT2D eigenvalue weighted by Crippen LogP contribution is 2.10. The van der Waals surface area contributed by atoms with E-state index in [1.807, 2.05) is 27.7 Å². The molecule has 0 bridgehead atoms. The van der Waals surface area contributed by atoms with E-state index in [0.717, 1.165) is 25.2 Å². The number of hydrogen-bond donors (Lipinski definition) is 1. The zero-order valence-electron chi connectivity index (χ0n) is 16.9. The van der Waals surface area contributed by atoms with Gasteiger partial charge in [0.1, 0.15) is 0 Å². The van der Waals surface area contributed by atoms with Gasteiger partial charge in [-0.25, -0.2) is 0 Å². The van der Waals surface area contributed by atoms with E-state index in [2.05, 4.69) is 42.8 Å². The van der Waals surface area contributed by atoms with E-state index in [4.69, 9.17) is 0 Å². The summed E-state index contributed by atoms with van der Waals surface area (Å²) in [5.41, 5.74) is 0. The van der Waals surface area contributed by atoms with Gasteiger partial charge in [-0.1, -0.05) is 41.5 Å². The number of nitrogens with one attached hydrogen (secondary N) is 1. The summed E-state index contributed by atoms with van der Waals surface area (Å²) < 4.78 is 0. The van der Waals surface area contributed by atoms with Crippen molar-refractivity contribution in [3.8, 4) is 0 Å². The molecule has 2 aliphatic heterocycles. The maximum atomic E-state index is 3.33. The summed E-state index contributed by atoms with van der Waals surface area (Å²) in [6.07, 6.45) is 4.28. The molecule has 3 nitrogen and oxygen atoms in total. The molecule has 0 aromatic rings. The van der Waals surface area contributed by atoms with Gasteiger partial charge in [0.05, 0.1) is 0 Å². The van der Waals surface area contributed by atoms with Crippen molar-refractivity contribution in [1.82, 2.24) is 15.1 Å². The van der Waals surface area contributed by atoms with E-state index in [0.29, 0.717) is 0 Å². The highest BCUT2D eigenvalue weighted by molar-refractivity contribution is 4.70. The second-order valence-corrected chi connectivity index (χ2v) is 6.07. The molecule has 0 saturated carbocycles. The Kier molecular flexibility index (Phi) is 24.0. The molecule has 144 valence electrons. The standard InChI is InChI=1S/C8H17N.C7H16N2.2C2H6.CH4/c1-8(2)9-6-4-3-5-7-9;1-7(2)9-5-3-8-4-6-9;2*1-2;/h8H,3-7H2,1-2H3;7-8H,3-6H2,1-2H3;2*1-2H3;1H4. The van der Waals surface area contributed by atoms with Crippen molar-refractivity contribution in [1.29, 1.82) is 0 Å². The molecule has 1 N–H and O–H groups in total. The molecule has 0 amide bonds. The molecule has 2 saturated heterocycles. The van der Waals surface area contributed by atoms with E-state index in [1.165, 1.54) is 45.4 Å². The van der Waals surface area contributed by atoms with Gasteiger partial charge in [-0.05, 0) is 53.6 Å². The van der Waals surface area contributed by atoms with Crippen LogP contribution in [0.1, 0.15) is 82.1 Å². The van der Waals surface area contributed by atoms with Crippen molar-refractivity contribution < 1.29 is 0 Å². The molecule has 0 atom stereocenters. The van der Waals surface area contributed by atoms with Crippen molar-refractivity contribution in [2.24, 2.45) is 0 Å². The Balaban J connectivity index is -0.000000276. The van der Waals surface area contributed by atoms with Crippen molar-refractivity contribution >= 4 is 0 Å². The van der Waals surface area contributed by atoms with Crippen LogP contribution >= 0.6 is 0 Å². The zero-order chi connectivity index (χ0) is 17.4. The number of nitrogens with zero attached hydrogens (tertiary/aromatic N) is 2. The second kappa shape index (κ2) is 19.9. The highest BCUT2D eigenvalue weighted by Gasteiger charge is 2.12.